The molecule has 1 aliphatic heterocycles. The van der Waals surface area contributed by atoms with Crippen LogP contribution in [0.1, 0.15) is 62.5 Å². The minimum atomic E-state index is -4.64. The number of nitrogens with zero attached hydrogens (tertiary/aromatic N) is 5. The molecule has 0 aliphatic carbocycles. The predicted octanol–water partition coefficient (Wildman–Crippen LogP) is 8.06. The van der Waals surface area contributed by atoms with Crippen LogP contribution >= 0.6 is 0 Å². The molecule has 0 bridgehead atoms. The van der Waals surface area contributed by atoms with Crippen molar-refractivity contribution >= 4 is 40.2 Å². The molecule has 3 aromatic carbocycles. The fraction of sp³-hybridized carbons (Fsp3) is 0.405. The van der Waals surface area contributed by atoms with Crippen LogP contribution in [0, 0.1) is 6.92 Å². The second kappa shape index (κ2) is 14.4. The van der Waals surface area contributed by atoms with Gasteiger partial charge in [0.15, 0.2) is 0 Å². The highest BCUT2D eigenvalue weighted by Gasteiger charge is 2.38. The molecule has 0 atom stereocenters. The molecule has 0 unspecified atom stereocenters. The lowest BCUT2D eigenvalue weighted by Crippen LogP contribution is -2.44. The maximum Gasteiger partial charge on any atom is 0.416 e. The number of aryl methyl sites for hydroxylation is 1. The molecule has 3 amide bonds. The molecule has 260 valence electrons. The second-order valence-corrected chi connectivity index (χ2v) is 13.2. The zero-order valence-corrected chi connectivity index (χ0v) is 28.9. The summed E-state index contributed by atoms with van der Waals surface area (Å²) in [7, 11) is 0. The van der Waals surface area contributed by atoms with Crippen molar-refractivity contribution in [1.82, 2.24) is 19.8 Å². The lowest BCUT2D eigenvalue weighted by molar-refractivity contribution is -0.137. The van der Waals surface area contributed by atoms with Gasteiger partial charge in [0.2, 0.25) is 5.95 Å². The quantitative estimate of drug-likeness (QED) is 0.156. The van der Waals surface area contributed by atoms with Gasteiger partial charge < -0.3 is 20.4 Å². The molecular weight excluding hydrogens is 631 g/mol. The van der Waals surface area contributed by atoms with Gasteiger partial charge in [0.05, 0.1) is 22.5 Å². The highest BCUT2D eigenvalue weighted by molar-refractivity contribution is 6.08. The number of halogens is 3. The Labute approximate surface area is 285 Å². The van der Waals surface area contributed by atoms with E-state index in [-0.39, 0.29) is 29.5 Å². The van der Waals surface area contributed by atoms with Gasteiger partial charge in [-0.15, -0.1) is 0 Å². The number of hydrogen-bond acceptors (Lipinski definition) is 6. The van der Waals surface area contributed by atoms with Gasteiger partial charge in [-0.3, -0.25) is 9.69 Å². The number of alkyl halides is 3. The molecule has 1 fully saturated rings. The number of carbonyl (C=O) groups is 2. The Hall–Kier alpha value is -4.71. The topological polar surface area (TPSA) is 93.7 Å². The van der Waals surface area contributed by atoms with Crippen molar-refractivity contribution in [2.75, 3.05) is 54.8 Å². The van der Waals surface area contributed by atoms with Crippen LogP contribution in [-0.2, 0) is 6.18 Å². The van der Waals surface area contributed by atoms with E-state index in [9.17, 15) is 22.8 Å². The summed E-state index contributed by atoms with van der Waals surface area (Å²) in [6.45, 7) is 16.4. The molecule has 49 heavy (non-hydrogen) atoms. The van der Waals surface area contributed by atoms with Crippen molar-refractivity contribution in [2.24, 2.45) is 0 Å². The Morgan fingerprint density at radius 3 is 2.41 bits per heavy atom. The Bertz CT molecular complexity index is 1830. The maximum atomic E-state index is 13.8. The fourth-order valence-corrected chi connectivity index (χ4v) is 6.03. The van der Waals surface area contributed by atoms with Crippen LogP contribution in [-0.4, -0.2) is 76.5 Å². The zero-order valence-electron chi connectivity index (χ0n) is 28.9. The first kappa shape index (κ1) is 35.6. The number of benzene rings is 3. The van der Waals surface area contributed by atoms with Crippen molar-refractivity contribution < 1.29 is 22.8 Å². The van der Waals surface area contributed by atoms with Gasteiger partial charge in [0.1, 0.15) is 0 Å². The summed E-state index contributed by atoms with van der Waals surface area (Å²) in [6, 6.07) is 13.6. The van der Waals surface area contributed by atoms with Gasteiger partial charge in [-0.25, -0.2) is 14.8 Å². The van der Waals surface area contributed by atoms with Crippen LogP contribution < -0.4 is 15.5 Å². The number of rotatable bonds is 11. The first-order chi connectivity index (χ1) is 23.2. The second-order valence-electron chi connectivity index (χ2n) is 13.2. The molecular formula is C37H44F3N7O2. The Morgan fingerprint density at radius 1 is 0.980 bits per heavy atom. The molecule has 2 heterocycles. The number of aromatic nitrogens is 2. The van der Waals surface area contributed by atoms with E-state index in [0.717, 1.165) is 72.3 Å². The van der Waals surface area contributed by atoms with E-state index in [1.54, 1.807) is 29.3 Å². The maximum absolute atomic E-state index is 13.8. The molecule has 5 rings (SSSR count). The zero-order chi connectivity index (χ0) is 35.5. The summed E-state index contributed by atoms with van der Waals surface area (Å²) in [5, 5.41) is 6.80. The number of urea groups is 1. The summed E-state index contributed by atoms with van der Waals surface area (Å²) < 4.78 is 41.3. The van der Waals surface area contributed by atoms with Gasteiger partial charge in [0, 0.05) is 42.3 Å². The van der Waals surface area contributed by atoms with Crippen molar-refractivity contribution in [1.29, 1.82) is 0 Å². The molecule has 0 saturated carbocycles. The van der Waals surface area contributed by atoms with E-state index in [2.05, 4.69) is 39.3 Å². The summed E-state index contributed by atoms with van der Waals surface area (Å²) in [5.74, 6) is -0.0349. The SMILES string of the molecule is CCN(CC)CCCNc1ncc2cc(-c3cc(C(=O)Nc4cc(C(F)(F)F)ccc4N4CCN(C(C)(C)C)C4=O)ccc3C)ccc2n1. The van der Waals surface area contributed by atoms with Crippen LogP contribution in [0.25, 0.3) is 22.0 Å². The van der Waals surface area contributed by atoms with Crippen LogP contribution in [0.2, 0.25) is 0 Å². The first-order valence-electron chi connectivity index (χ1n) is 16.7. The number of fused-ring (bicyclic) bond motifs is 1. The first-order valence-corrected chi connectivity index (χ1v) is 16.7. The summed E-state index contributed by atoms with van der Waals surface area (Å²) >= 11 is 0. The molecule has 0 spiro atoms. The van der Waals surface area contributed by atoms with Crippen molar-refractivity contribution in [3.63, 3.8) is 0 Å². The van der Waals surface area contributed by atoms with Gasteiger partial charge in [-0.2, -0.15) is 13.2 Å². The van der Waals surface area contributed by atoms with E-state index in [1.165, 1.54) is 11.0 Å². The van der Waals surface area contributed by atoms with Crippen LogP contribution in [0.3, 0.4) is 0 Å². The minimum absolute atomic E-state index is 0.0913. The van der Waals surface area contributed by atoms with E-state index in [0.29, 0.717) is 12.5 Å². The standard InChI is InChI=1S/C37H44F3N7O2/c1-7-45(8-2)17-9-16-41-34-42-23-27-20-25(12-14-30(27)44-34)29-21-26(11-10-24(29)3)33(48)43-31-22-28(37(38,39)40)13-15-32(31)46-18-19-47(35(46)49)36(4,5)6/h10-15,20-23H,7-9,16-19H2,1-6H3,(H,43,48)(H,41,42,44). The molecule has 4 aromatic rings. The van der Waals surface area contributed by atoms with Crippen molar-refractivity contribution in [2.45, 2.75) is 59.7 Å². The lowest BCUT2D eigenvalue weighted by Gasteiger charge is -2.31. The van der Waals surface area contributed by atoms with E-state index < -0.39 is 23.2 Å². The minimum Gasteiger partial charge on any atom is -0.354 e. The molecule has 2 N–H and O–H groups in total. The van der Waals surface area contributed by atoms with Crippen molar-refractivity contribution in [3.05, 3.63) is 77.5 Å². The number of hydrogen-bond donors (Lipinski definition) is 2. The largest absolute Gasteiger partial charge is 0.416 e. The van der Waals surface area contributed by atoms with Gasteiger partial charge in [0.25, 0.3) is 5.91 Å². The molecule has 1 aliphatic rings. The molecule has 1 aromatic heterocycles. The van der Waals surface area contributed by atoms with E-state index in [1.807, 2.05) is 45.9 Å². The van der Waals surface area contributed by atoms with Gasteiger partial charge >= 0.3 is 12.2 Å². The van der Waals surface area contributed by atoms with Gasteiger partial charge in [-0.1, -0.05) is 26.0 Å². The Balaban J connectivity index is 1.37. The summed E-state index contributed by atoms with van der Waals surface area (Å²) in [6.07, 6.45) is -1.89. The van der Waals surface area contributed by atoms with E-state index in [4.69, 9.17) is 0 Å². The molecule has 9 nitrogen and oxygen atoms in total. The third-order valence-corrected chi connectivity index (χ3v) is 8.90. The smallest absolute Gasteiger partial charge is 0.354 e. The Kier molecular flexibility index (Phi) is 10.5. The highest BCUT2D eigenvalue weighted by atomic mass is 19.4. The van der Waals surface area contributed by atoms with Crippen LogP contribution in [0.5, 0.6) is 0 Å². The van der Waals surface area contributed by atoms with Crippen molar-refractivity contribution in [3.8, 4) is 11.1 Å². The average Bonchev–Trinajstić information content (AvgIpc) is 3.45. The number of amides is 3. The monoisotopic (exact) mass is 675 g/mol. The number of carbonyl (C=O) groups excluding carboxylic acids is 2. The summed E-state index contributed by atoms with van der Waals surface area (Å²) in [4.78, 5) is 41.5. The average molecular weight is 676 g/mol. The van der Waals surface area contributed by atoms with Gasteiger partial charge in [-0.05, 0) is 113 Å². The molecule has 12 heteroatoms. The normalized spacial score (nSPS) is 13.9. The fourth-order valence-electron chi connectivity index (χ4n) is 6.03. The molecule has 1 saturated heterocycles. The summed E-state index contributed by atoms with van der Waals surface area (Å²) in [5.41, 5.74) is 2.28. The van der Waals surface area contributed by atoms with Crippen LogP contribution in [0.15, 0.2) is 60.8 Å². The number of anilines is 3. The lowest BCUT2D eigenvalue weighted by atomic mass is 9.97. The highest BCUT2D eigenvalue weighted by Crippen LogP contribution is 2.38. The molecule has 0 radical (unpaired) electrons. The third-order valence-electron chi connectivity index (χ3n) is 8.90. The third kappa shape index (κ3) is 8.13. The van der Waals surface area contributed by atoms with E-state index >= 15 is 0 Å². The Morgan fingerprint density at radius 2 is 1.73 bits per heavy atom. The predicted molar refractivity (Wildman–Crippen MR) is 189 cm³/mol. The number of nitrogens with one attached hydrogen (secondary N) is 2. The van der Waals surface area contributed by atoms with Crippen LogP contribution in [0.4, 0.5) is 35.3 Å².